The molecule has 0 aliphatic rings. The highest BCUT2D eigenvalue weighted by atomic mass is 16.5. The van der Waals surface area contributed by atoms with Gasteiger partial charge in [0, 0.05) is 18.2 Å². The van der Waals surface area contributed by atoms with Crippen molar-refractivity contribution < 1.29 is 4.74 Å². The predicted molar refractivity (Wildman–Crippen MR) is 78.4 cm³/mol. The van der Waals surface area contributed by atoms with E-state index in [0.717, 1.165) is 35.7 Å². The Morgan fingerprint density at radius 3 is 2.90 bits per heavy atom. The van der Waals surface area contributed by atoms with Crippen LogP contribution in [0.4, 0.5) is 0 Å². The SMILES string of the molecule is CCCn1ncnc1COc1cc(C)ccc1[C@@H](C)N. The van der Waals surface area contributed by atoms with Crippen molar-refractivity contribution in [3.63, 3.8) is 0 Å². The summed E-state index contributed by atoms with van der Waals surface area (Å²) in [5.74, 6) is 1.66. The van der Waals surface area contributed by atoms with E-state index in [1.807, 2.05) is 36.7 Å². The van der Waals surface area contributed by atoms with E-state index in [9.17, 15) is 0 Å². The van der Waals surface area contributed by atoms with Crippen LogP contribution in [-0.2, 0) is 13.2 Å². The van der Waals surface area contributed by atoms with Gasteiger partial charge < -0.3 is 10.5 Å². The first-order valence-corrected chi connectivity index (χ1v) is 6.97. The van der Waals surface area contributed by atoms with Gasteiger partial charge in [0.1, 0.15) is 18.7 Å². The van der Waals surface area contributed by atoms with Crippen LogP contribution < -0.4 is 10.5 Å². The minimum absolute atomic E-state index is 0.0564. The van der Waals surface area contributed by atoms with Gasteiger partial charge in [0.25, 0.3) is 0 Å². The van der Waals surface area contributed by atoms with Gasteiger partial charge in [0.2, 0.25) is 0 Å². The molecule has 1 heterocycles. The summed E-state index contributed by atoms with van der Waals surface area (Å²) in [5.41, 5.74) is 8.14. The molecule has 0 fully saturated rings. The molecule has 1 aromatic heterocycles. The smallest absolute Gasteiger partial charge is 0.164 e. The van der Waals surface area contributed by atoms with E-state index >= 15 is 0 Å². The first-order valence-electron chi connectivity index (χ1n) is 6.97. The molecule has 2 N–H and O–H groups in total. The summed E-state index contributed by atoms with van der Waals surface area (Å²) in [7, 11) is 0. The van der Waals surface area contributed by atoms with Gasteiger partial charge in [-0.1, -0.05) is 19.1 Å². The molecule has 2 aromatic rings. The lowest BCUT2D eigenvalue weighted by Crippen LogP contribution is -2.11. The molecule has 1 aromatic carbocycles. The number of aryl methyl sites for hydroxylation is 2. The van der Waals surface area contributed by atoms with E-state index in [-0.39, 0.29) is 6.04 Å². The van der Waals surface area contributed by atoms with Gasteiger partial charge in [-0.15, -0.1) is 0 Å². The third kappa shape index (κ3) is 3.36. The number of nitrogens with zero attached hydrogens (tertiary/aromatic N) is 3. The second-order valence-electron chi connectivity index (χ2n) is 5.02. The maximum absolute atomic E-state index is 5.98. The molecule has 0 radical (unpaired) electrons. The van der Waals surface area contributed by atoms with Crippen LogP contribution in [0.25, 0.3) is 0 Å². The number of benzene rings is 1. The number of hydrogen-bond acceptors (Lipinski definition) is 4. The van der Waals surface area contributed by atoms with Crippen LogP contribution in [0.1, 0.15) is 43.3 Å². The minimum atomic E-state index is -0.0564. The van der Waals surface area contributed by atoms with Gasteiger partial charge in [-0.2, -0.15) is 5.10 Å². The summed E-state index contributed by atoms with van der Waals surface area (Å²) in [5, 5.41) is 4.19. The molecule has 1 atom stereocenters. The zero-order chi connectivity index (χ0) is 14.5. The van der Waals surface area contributed by atoms with Crippen LogP contribution in [-0.4, -0.2) is 14.8 Å². The van der Waals surface area contributed by atoms with Crippen molar-refractivity contribution in [2.45, 2.75) is 46.4 Å². The van der Waals surface area contributed by atoms with E-state index in [2.05, 4.69) is 17.0 Å². The second-order valence-corrected chi connectivity index (χ2v) is 5.02. The van der Waals surface area contributed by atoms with Gasteiger partial charge in [0.05, 0.1) is 0 Å². The van der Waals surface area contributed by atoms with Crippen LogP contribution in [0.5, 0.6) is 5.75 Å². The number of hydrogen-bond donors (Lipinski definition) is 1. The molecule has 0 aliphatic carbocycles. The third-order valence-corrected chi connectivity index (χ3v) is 3.15. The lowest BCUT2D eigenvalue weighted by molar-refractivity contribution is 0.282. The average molecular weight is 274 g/mol. The van der Waals surface area contributed by atoms with Crippen molar-refractivity contribution in [3.8, 4) is 5.75 Å². The van der Waals surface area contributed by atoms with Crippen molar-refractivity contribution in [2.75, 3.05) is 0 Å². The molecule has 5 nitrogen and oxygen atoms in total. The predicted octanol–water partition coefficient (Wildman–Crippen LogP) is 2.60. The fourth-order valence-electron chi connectivity index (χ4n) is 2.08. The number of nitrogens with two attached hydrogens (primary N) is 1. The van der Waals surface area contributed by atoms with Crippen molar-refractivity contribution in [1.82, 2.24) is 14.8 Å². The maximum atomic E-state index is 5.98. The standard InChI is InChI=1S/C15H22N4O/c1-4-7-19-15(17-10-18-19)9-20-14-8-11(2)5-6-13(14)12(3)16/h5-6,8,10,12H,4,7,9,16H2,1-3H3/t12-/m1/s1. The molecular formula is C15H22N4O. The lowest BCUT2D eigenvalue weighted by atomic mass is 10.1. The normalized spacial score (nSPS) is 12.4. The van der Waals surface area contributed by atoms with Gasteiger partial charge >= 0.3 is 0 Å². The lowest BCUT2D eigenvalue weighted by Gasteiger charge is -2.14. The molecule has 20 heavy (non-hydrogen) atoms. The molecule has 5 heteroatoms. The quantitative estimate of drug-likeness (QED) is 0.879. The van der Waals surface area contributed by atoms with Crippen LogP contribution in [0.15, 0.2) is 24.5 Å². The Morgan fingerprint density at radius 1 is 1.40 bits per heavy atom. The minimum Gasteiger partial charge on any atom is -0.485 e. The van der Waals surface area contributed by atoms with E-state index in [4.69, 9.17) is 10.5 Å². The molecule has 0 unspecified atom stereocenters. The Bertz CT molecular complexity index is 563. The van der Waals surface area contributed by atoms with Gasteiger partial charge in [0.15, 0.2) is 5.82 Å². The highest BCUT2D eigenvalue weighted by Gasteiger charge is 2.10. The Hall–Kier alpha value is -1.88. The first kappa shape index (κ1) is 14.5. The topological polar surface area (TPSA) is 66.0 Å². The number of rotatable bonds is 6. The van der Waals surface area contributed by atoms with Crippen LogP contribution in [0, 0.1) is 6.92 Å². The average Bonchev–Trinajstić information content (AvgIpc) is 2.84. The van der Waals surface area contributed by atoms with Crippen molar-refractivity contribution in [1.29, 1.82) is 0 Å². The summed E-state index contributed by atoms with van der Waals surface area (Å²) in [4.78, 5) is 4.24. The maximum Gasteiger partial charge on any atom is 0.164 e. The Morgan fingerprint density at radius 2 is 2.20 bits per heavy atom. The molecular weight excluding hydrogens is 252 g/mol. The molecule has 2 rings (SSSR count). The van der Waals surface area contributed by atoms with Crippen molar-refractivity contribution in [3.05, 3.63) is 41.5 Å². The zero-order valence-corrected chi connectivity index (χ0v) is 12.3. The number of aromatic nitrogens is 3. The van der Waals surface area contributed by atoms with E-state index < -0.39 is 0 Å². The Kier molecular flexibility index (Phi) is 4.74. The van der Waals surface area contributed by atoms with Crippen LogP contribution >= 0.6 is 0 Å². The Labute approximate surface area is 119 Å². The fraction of sp³-hybridized carbons (Fsp3) is 0.467. The molecule has 108 valence electrons. The van der Waals surface area contributed by atoms with E-state index in [1.54, 1.807) is 6.33 Å². The van der Waals surface area contributed by atoms with Gasteiger partial charge in [-0.25, -0.2) is 9.67 Å². The molecule has 0 aliphatic heterocycles. The van der Waals surface area contributed by atoms with Crippen molar-refractivity contribution in [2.24, 2.45) is 5.73 Å². The molecule has 0 amide bonds. The third-order valence-electron chi connectivity index (χ3n) is 3.15. The highest BCUT2D eigenvalue weighted by molar-refractivity contribution is 5.38. The molecule has 0 spiro atoms. The monoisotopic (exact) mass is 274 g/mol. The van der Waals surface area contributed by atoms with E-state index in [0.29, 0.717) is 6.61 Å². The summed E-state index contributed by atoms with van der Waals surface area (Å²) in [6, 6.07) is 6.02. The second kappa shape index (κ2) is 6.52. The summed E-state index contributed by atoms with van der Waals surface area (Å²) < 4.78 is 7.78. The van der Waals surface area contributed by atoms with Crippen molar-refractivity contribution >= 4 is 0 Å². The van der Waals surface area contributed by atoms with E-state index in [1.165, 1.54) is 0 Å². The van der Waals surface area contributed by atoms with Crippen LogP contribution in [0.3, 0.4) is 0 Å². The number of ether oxygens (including phenoxy) is 1. The molecule has 0 saturated heterocycles. The fourth-order valence-corrected chi connectivity index (χ4v) is 2.08. The Balaban J connectivity index is 2.14. The summed E-state index contributed by atoms with van der Waals surface area (Å²) >= 11 is 0. The largest absolute Gasteiger partial charge is 0.485 e. The van der Waals surface area contributed by atoms with Crippen LogP contribution in [0.2, 0.25) is 0 Å². The highest BCUT2D eigenvalue weighted by Crippen LogP contribution is 2.25. The first-order chi connectivity index (χ1) is 9.61. The molecule has 0 saturated carbocycles. The van der Waals surface area contributed by atoms with Gasteiger partial charge in [-0.05, 0) is 31.9 Å². The summed E-state index contributed by atoms with van der Waals surface area (Å²) in [6.07, 6.45) is 2.59. The zero-order valence-electron chi connectivity index (χ0n) is 12.3. The van der Waals surface area contributed by atoms with Gasteiger partial charge in [-0.3, -0.25) is 0 Å². The molecule has 0 bridgehead atoms. The summed E-state index contributed by atoms with van der Waals surface area (Å²) in [6.45, 7) is 7.37.